The van der Waals surface area contributed by atoms with E-state index in [4.69, 9.17) is 9.84 Å². The van der Waals surface area contributed by atoms with Crippen LogP contribution in [0.15, 0.2) is 0 Å². The molecule has 0 atom stereocenters. The number of nitrogens with zero attached hydrogens (tertiary/aromatic N) is 1. The standard InChI is InChI=1S/C12H21NO5S/c1-12(18-7-11(14)15)8-13(9-12)19(16,17)10-5-3-2-4-6-10/h10H,2-9H2,1H3,(H,14,15). The Hall–Kier alpha value is -0.660. The fraction of sp³-hybridized carbons (Fsp3) is 0.917. The molecule has 1 aliphatic carbocycles. The van der Waals surface area contributed by atoms with Crippen molar-refractivity contribution in [2.45, 2.75) is 49.9 Å². The van der Waals surface area contributed by atoms with Crippen LogP contribution in [-0.2, 0) is 19.6 Å². The molecule has 0 aromatic heterocycles. The maximum atomic E-state index is 12.3. The Balaban J connectivity index is 1.89. The molecule has 0 aromatic rings. The van der Waals surface area contributed by atoms with Gasteiger partial charge in [0.05, 0.1) is 10.9 Å². The molecule has 7 heteroatoms. The Morgan fingerprint density at radius 3 is 2.42 bits per heavy atom. The van der Waals surface area contributed by atoms with Crippen LogP contribution in [0, 0.1) is 0 Å². The summed E-state index contributed by atoms with van der Waals surface area (Å²) in [6.07, 6.45) is 4.55. The van der Waals surface area contributed by atoms with Gasteiger partial charge in [0.2, 0.25) is 10.0 Å². The monoisotopic (exact) mass is 291 g/mol. The van der Waals surface area contributed by atoms with Crippen LogP contribution in [0.25, 0.3) is 0 Å². The van der Waals surface area contributed by atoms with Gasteiger partial charge in [-0.25, -0.2) is 13.2 Å². The van der Waals surface area contributed by atoms with Gasteiger partial charge < -0.3 is 9.84 Å². The largest absolute Gasteiger partial charge is 0.480 e. The van der Waals surface area contributed by atoms with Gasteiger partial charge in [0.15, 0.2) is 0 Å². The molecule has 1 N–H and O–H groups in total. The van der Waals surface area contributed by atoms with Crippen LogP contribution in [0.5, 0.6) is 0 Å². The van der Waals surface area contributed by atoms with E-state index in [0.29, 0.717) is 0 Å². The van der Waals surface area contributed by atoms with E-state index in [1.54, 1.807) is 6.92 Å². The zero-order valence-electron chi connectivity index (χ0n) is 11.2. The van der Waals surface area contributed by atoms with Crippen LogP contribution >= 0.6 is 0 Å². The molecule has 1 aliphatic heterocycles. The molecular weight excluding hydrogens is 270 g/mol. The third-order valence-electron chi connectivity index (χ3n) is 3.90. The third kappa shape index (κ3) is 3.27. The minimum atomic E-state index is -3.23. The first-order valence-electron chi connectivity index (χ1n) is 6.68. The number of rotatable bonds is 5. The Morgan fingerprint density at radius 2 is 1.89 bits per heavy atom. The Bertz CT molecular complexity index is 435. The minimum Gasteiger partial charge on any atom is -0.480 e. The molecule has 2 rings (SSSR count). The second-order valence-corrected chi connectivity index (χ2v) is 7.92. The molecule has 1 saturated carbocycles. The summed E-state index contributed by atoms with van der Waals surface area (Å²) >= 11 is 0. The fourth-order valence-electron chi connectivity index (χ4n) is 2.78. The highest BCUT2D eigenvalue weighted by Gasteiger charge is 2.48. The predicted molar refractivity (Wildman–Crippen MR) is 69.4 cm³/mol. The van der Waals surface area contributed by atoms with Crippen molar-refractivity contribution in [2.75, 3.05) is 19.7 Å². The van der Waals surface area contributed by atoms with Gasteiger partial charge in [-0.05, 0) is 19.8 Å². The molecule has 0 spiro atoms. The first kappa shape index (κ1) is 14.7. The molecule has 0 aromatic carbocycles. The maximum absolute atomic E-state index is 12.3. The van der Waals surface area contributed by atoms with Crippen molar-refractivity contribution in [3.05, 3.63) is 0 Å². The second-order valence-electron chi connectivity index (χ2n) is 5.71. The zero-order valence-corrected chi connectivity index (χ0v) is 12.0. The highest BCUT2D eigenvalue weighted by molar-refractivity contribution is 7.89. The number of carbonyl (C=O) groups is 1. The molecule has 0 unspecified atom stereocenters. The van der Waals surface area contributed by atoms with Gasteiger partial charge in [-0.15, -0.1) is 0 Å². The van der Waals surface area contributed by atoms with Crippen molar-refractivity contribution < 1.29 is 23.1 Å². The number of ether oxygens (including phenoxy) is 1. The molecule has 6 nitrogen and oxygen atoms in total. The summed E-state index contributed by atoms with van der Waals surface area (Å²) in [5.41, 5.74) is -0.653. The average molecular weight is 291 g/mol. The molecule has 2 aliphatic rings. The highest BCUT2D eigenvalue weighted by atomic mass is 32.2. The lowest BCUT2D eigenvalue weighted by Gasteiger charge is -2.47. The van der Waals surface area contributed by atoms with Crippen LogP contribution in [0.2, 0.25) is 0 Å². The van der Waals surface area contributed by atoms with Gasteiger partial charge in [-0.3, -0.25) is 0 Å². The number of carboxylic acids is 1. The Labute approximate surface area is 113 Å². The average Bonchev–Trinajstić information content (AvgIpc) is 2.34. The van der Waals surface area contributed by atoms with E-state index >= 15 is 0 Å². The SMILES string of the molecule is CC1(OCC(=O)O)CN(S(=O)(=O)C2CCCCC2)C1. The van der Waals surface area contributed by atoms with E-state index in [-0.39, 0.29) is 24.9 Å². The van der Waals surface area contributed by atoms with E-state index in [2.05, 4.69) is 0 Å². The lowest BCUT2D eigenvalue weighted by Crippen LogP contribution is -2.64. The summed E-state index contributed by atoms with van der Waals surface area (Å²) in [5.74, 6) is -1.03. The second kappa shape index (κ2) is 5.38. The quantitative estimate of drug-likeness (QED) is 0.811. The predicted octanol–water partition coefficient (Wildman–Crippen LogP) is 0.824. The van der Waals surface area contributed by atoms with E-state index < -0.39 is 21.6 Å². The number of hydrogen-bond acceptors (Lipinski definition) is 4. The lowest BCUT2D eigenvalue weighted by molar-refractivity contribution is -0.157. The van der Waals surface area contributed by atoms with Crippen molar-refractivity contribution in [1.82, 2.24) is 4.31 Å². The Morgan fingerprint density at radius 1 is 1.32 bits per heavy atom. The summed E-state index contributed by atoms with van der Waals surface area (Å²) in [5, 5.41) is 8.31. The van der Waals surface area contributed by atoms with E-state index in [1.807, 2.05) is 0 Å². The van der Waals surface area contributed by atoms with Gasteiger partial charge in [-0.1, -0.05) is 19.3 Å². The molecule has 0 amide bonds. The summed E-state index contributed by atoms with van der Waals surface area (Å²) in [7, 11) is -3.23. The van der Waals surface area contributed by atoms with Crippen LogP contribution in [-0.4, -0.2) is 54.3 Å². The molecule has 2 fully saturated rings. The first-order valence-corrected chi connectivity index (χ1v) is 8.18. The van der Waals surface area contributed by atoms with Gasteiger partial charge in [-0.2, -0.15) is 4.31 Å². The van der Waals surface area contributed by atoms with E-state index in [1.165, 1.54) is 4.31 Å². The van der Waals surface area contributed by atoms with Crippen molar-refractivity contribution in [3.63, 3.8) is 0 Å². The normalized spacial score (nSPS) is 24.9. The zero-order chi connectivity index (χ0) is 14.1. The van der Waals surface area contributed by atoms with Crippen molar-refractivity contribution in [1.29, 1.82) is 0 Å². The molecule has 19 heavy (non-hydrogen) atoms. The molecule has 1 heterocycles. The van der Waals surface area contributed by atoms with Crippen molar-refractivity contribution in [2.24, 2.45) is 0 Å². The van der Waals surface area contributed by atoms with Gasteiger partial charge >= 0.3 is 5.97 Å². The van der Waals surface area contributed by atoms with Crippen LogP contribution in [0.4, 0.5) is 0 Å². The topological polar surface area (TPSA) is 83.9 Å². The summed E-state index contributed by atoms with van der Waals surface area (Å²) in [6.45, 7) is 1.90. The van der Waals surface area contributed by atoms with Gasteiger partial charge in [0.25, 0.3) is 0 Å². The summed E-state index contributed by atoms with van der Waals surface area (Å²) in [6, 6.07) is 0. The fourth-order valence-corrected chi connectivity index (χ4v) is 5.04. The van der Waals surface area contributed by atoms with E-state index in [0.717, 1.165) is 32.1 Å². The number of carboxylic acid groups (broad SMARTS) is 1. The minimum absolute atomic E-state index is 0.259. The van der Waals surface area contributed by atoms with Crippen LogP contribution < -0.4 is 0 Å². The first-order chi connectivity index (χ1) is 8.83. The smallest absolute Gasteiger partial charge is 0.329 e. The van der Waals surface area contributed by atoms with Crippen molar-refractivity contribution in [3.8, 4) is 0 Å². The molecule has 110 valence electrons. The third-order valence-corrected chi connectivity index (χ3v) is 6.19. The van der Waals surface area contributed by atoms with Crippen LogP contribution in [0.1, 0.15) is 39.0 Å². The summed E-state index contributed by atoms with van der Waals surface area (Å²) in [4.78, 5) is 10.5. The highest BCUT2D eigenvalue weighted by Crippen LogP contribution is 2.33. The van der Waals surface area contributed by atoms with Gasteiger partial charge in [0.1, 0.15) is 6.61 Å². The molecule has 0 radical (unpaired) electrons. The number of aliphatic carboxylic acids is 1. The van der Waals surface area contributed by atoms with E-state index in [9.17, 15) is 13.2 Å². The number of sulfonamides is 1. The van der Waals surface area contributed by atoms with Crippen molar-refractivity contribution >= 4 is 16.0 Å². The molecule has 1 saturated heterocycles. The van der Waals surface area contributed by atoms with Gasteiger partial charge in [0, 0.05) is 13.1 Å². The lowest BCUT2D eigenvalue weighted by atomic mass is 10.00. The maximum Gasteiger partial charge on any atom is 0.329 e. The number of hydrogen-bond donors (Lipinski definition) is 1. The Kier molecular flexibility index (Phi) is 4.17. The molecular formula is C12H21NO5S. The molecule has 0 bridgehead atoms. The summed E-state index contributed by atoms with van der Waals surface area (Å²) < 4.78 is 31.4. The van der Waals surface area contributed by atoms with Crippen LogP contribution in [0.3, 0.4) is 0 Å².